The van der Waals surface area contributed by atoms with Crippen molar-refractivity contribution in [3.8, 4) is 11.4 Å². The van der Waals surface area contributed by atoms with Gasteiger partial charge in [0.1, 0.15) is 0 Å². The Morgan fingerprint density at radius 3 is 2.58 bits per heavy atom. The van der Waals surface area contributed by atoms with Crippen LogP contribution in [0.3, 0.4) is 0 Å². The number of halogens is 1. The summed E-state index contributed by atoms with van der Waals surface area (Å²) in [4.78, 5) is 4.28. The first kappa shape index (κ1) is 14.2. The molecule has 0 radical (unpaired) electrons. The molecule has 0 aliphatic carbocycles. The third-order valence-electron chi connectivity index (χ3n) is 2.89. The summed E-state index contributed by atoms with van der Waals surface area (Å²) in [6, 6.07) is 3.55. The molecule has 1 heterocycles. The molecule has 0 saturated carbocycles. The molecule has 19 heavy (non-hydrogen) atoms. The second-order valence-corrected chi connectivity index (χ2v) is 5.29. The molecule has 0 amide bonds. The third-order valence-corrected chi connectivity index (χ3v) is 4.14. The molecule has 0 spiro atoms. The van der Waals surface area contributed by atoms with Gasteiger partial charge in [-0.1, -0.05) is 21.1 Å². The minimum Gasteiger partial charge on any atom is -0.396 e. The number of benzene rings is 1. The Morgan fingerprint density at radius 2 is 2.00 bits per heavy atom. The van der Waals surface area contributed by atoms with Crippen molar-refractivity contribution in [2.75, 3.05) is 6.61 Å². The van der Waals surface area contributed by atoms with Crippen LogP contribution in [0.1, 0.15) is 29.5 Å². The quantitative estimate of drug-likeness (QED) is 0.902. The van der Waals surface area contributed by atoms with Gasteiger partial charge in [0.2, 0.25) is 11.7 Å². The Balaban J connectivity index is 2.33. The Morgan fingerprint density at radius 1 is 1.37 bits per heavy atom. The van der Waals surface area contributed by atoms with E-state index in [2.05, 4.69) is 26.1 Å². The smallest absolute Gasteiger partial charge is 0.243 e. The first-order valence-electron chi connectivity index (χ1n) is 6.00. The minimum atomic E-state index is -0.427. The fourth-order valence-electron chi connectivity index (χ4n) is 1.84. The van der Waals surface area contributed by atoms with Gasteiger partial charge in [-0.25, -0.2) is 0 Å². The molecular formula is C13H16BrN3O2. The fraction of sp³-hybridized carbons (Fsp3) is 0.385. The summed E-state index contributed by atoms with van der Waals surface area (Å²) < 4.78 is 6.21. The van der Waals surface area contributed by atoms with Gasteiger partial charge in [-0.05, 0) is 43.5 Å². The summed E-state index contributed by atoms with van der Waals surface area (Å²) >= 11 is 3.52. The molecule has 1 atom stereocenters. The number of aryl methyl sites for hydroxylation is 2. The summed E-state index contributed by atoms with van der Waals surface area (Å²) in [6.07, 6.45) is 0.403. The van der Waals surface area contributed by atoms with Gasteiger partial charge in [0.15, 0.2) is 0 Å². The number of hydrogen-bond donors (Lipinski definition) is 2. The lowest BCUT2D eigenvalue weighted by atomic mass is 10.1. The van der Waals surface area contributed by atoms with Crippen LogP contribution >= 0.6 is 15.9 Å². The normalized spacial score (nSPS) is 12.7. The molecule has 102 valence electrons. The second kappa shape index (κ2) is 5.81. The summed E-state index contributed by atoms with van der Waals surface area (Å²) in [7, 11) is 0. The largest absolute Gasteiger partial charge is 0.396 e. The van der Waals surface area contributed by atoms with Crippen LogP contribution in [0.4, 0.5) is 0 Å². The molecule has 1 aromatic carbocycles. The highest BCUT2D eigenvalue weighted by Crippen LogP contribution is 2.27. The highest BCUT2D eigenvalue weighted by atomic mass is 79.9. The van der Waals surface area contributed by atoms with Crippen LogP contribution in [0.2, 0.25) is 0 Å². The molecule has 5 nitrogen and oxygen atoms in total. The molecule has 1 aromatic heterocycles. The number of nitrogens with two attached hydrogens (primary N) is 1. The number of hydrogen-bond acceptors (Lipinski definition) is 5. The zero-order valence-corrected chi connectivity index (χ0v) is 12.4. The van der Waals surface area contributed by atoms with Crippen LogP contribution in [-0.4, -0.2) is 21.9 Å². The van der Waals surface area contributed by atoms with E-state index < -0.39 is 6.04 Å². The average molecular weight is 326 g/mol. The third kappa shape index (κ3) is 3.02. The highest BCUT2D eigenvalue weighted by Gasteiger charge is 2.16. The van der Waals surface area contributed by atoms with Crippen LogP contribution in [0.15, 0.2) is 21.1 Å². The standard InChI is InChI=1S/C13H16BrN3O2/c1-7-5-9(6-8(2)11(7)14)12-16-13(19-17-12)10(15)3-4-18/h5-6,10,18H,3-4,15H2,1-2H3. The Kier molecular flexibility index (Phi) is 4.34. The van der Waals surface area contributed by atoms with Gasteiger partial charge in [0.05, 0.1) is 6.04 Å². The van der Waals surface area contributed by atoms with E-state index >= 15 is 0 Å². The van der Waals surface area contributed by atoms with E-state index in [-0.39, 0.29) is 6.61 Å². The van der Waals surface area contributed by atoms with Crippen molar-refractivity contribution < 1.29 is 9.63 Å². The molecule has 0 saturated heterocycles. The van der Waals surface area contributed by atoms with E-state index in [0.717, 1.165) is 21.2 Å². The molecule has 0 aliphatic rings. The maximum absolute atomic E-state index is 8.85. The maximum atomic E-state index is 8.85. The molecule has 0 aliphatic heterocycles. The Hall–Kier alpha value is -1.24. The highest BCUT2D eigenvalue weighted by molar-refractivity contribution is 9.10. The zero-order valence-electron chi connectivity index (χ0n) is 10.9. The zero-order chi connectivity index (χ0) is 14.0. The van der Waals surface area contributed by atoms with E-state index in [1.807, 2.05) is 26.0 Å². The lowest BCUT2D eigenvalue weighted by molar-refractivity contribution is 0.259. The van der Waals surface area contributed by atoms with Gasteiger partial charge in [0, 0.05) is 16.6 Å². The lowest BCUT2D eigenvalue weighted by Crippen LogP contribution is -2.12. The van der Waals surface area contributed by atoms with E-state index in [1.165, 1.54) is 0 Å². The van der Waals surface area contributed by atoms with Crippen molar-refractivity contribution >= 4 is 15.9 Å². The van der Waals surface area contributed by atoms with Crippen molar-refractivity contribution in [3.63, 3.8) is 0 Å². The van der Waals surface area contributed by atoms with Gasteiger partial charge in [-0.3, -0.25) is 0 Å². The molecule has 2 aromatic rings. The Bertz CT molecular complexity index is 560. The van der Waals surface area contributed by atoms with Crippen molar-refractivity contribution in [1.29, 1.82) is 0 Å². The van der Waals surface area contributed by atoms with Gasteiger partial charge < -0.3 is 15.4 Å². The molecule has 1 unspecified atom stereocenters. The van der Waals surface area contributed by atoms with Gasteiger partial charge in [-0.2, -0.15) is 4.98 Å². The SMILES string of the molecule is Cc1cc(-c2noc(C(N)CCO)n2)cc(C)c1Br. The first-order valence-corrected chi connectivity index (χ1v) is 6.79. The van der Waals surface area contributed by atoms with E-state index in [0.29, 0.717) is 18.1 Å². The van der Waals surface area contributed by atoms with E-state index in [4.69, 9.17) is 15.4 Å². The number of aromatic nitrogens is 2. The van der Waals surface area contributed by atoms with Crippen molar-refractivity contribution in [1.82, 2.24) is 10.1 Å². The summed E-state index contributed by atoms with van der Waals surface area (Å²) in [6.45, 7) is 4.02. The van der Waals surface area contributed by atoms with Crippen molar-refractivity contribution in [2.24, 2.45) is 5.73 Å². The molecular weight excluding hydrogens is 310 g/mol. The predicted molar refractivity (Wildman–Crippen MR) is 75.5 cm³/mol. The summed E-state index contributed by atoms with van der Waals surface area (Å²) in [5.74, 6) is 0.865. The predicted octanol–water partition coefficient (Wildman–Crippen LogP) is 2.50. The summed E-state index contributed by atoms with van der Waals surface area (Å²) in [5, 5.41) is 12.8. The monoisotopic (exact) mass is 325 g/mol. The van der Waals surface area contributed by atoms with Crippen LogP contribution in [0, 0.1) is 13.8 Å². The second-order valence-electron chi connectivity index (χ2n) is 4.50. The number of rotatable bonds is 4. The molecule has 0 fully saturated rings. The summed E-state index contributed by atoms with van der Waals surface area (Å²) in [5.41, 5.74) is 8.93. The fourth-order valence-corrected chi connectivity index (χ4v) is 2.07. The van der Waals surface area contributed by atoms with Crippen molar-refractivity contribution in [2.45, 2.75) is 26.3 Å². The lowest BCUT2D eigenvalue weighted by Gasteiger charge is -2.05. The molecule has 3 N–H and O–H groups in total. The van der Waals surface area contributed by atoms with E-state index in [1.54, 1.807) is 0 Å². The maximum Gasteiger partial charge on any atom is 0.243 e. The van der Waals surface area contributed by atoms with Crippen LogP contribution < -0.4 is 5.73 Å². The van der Waals surface area contributed by atoms with E-state index in [9.17, 15) is 0 Å². The number of aliphatic hydroxyl groups is 1. The van der Waals surface area contributed by atoms with Gasteiger partial charge in [0.25, 0.3) is 0 Å². The van der Waals surface area contributed by atoms with Crippen molar-refractivity contribution in [3.05, 3.63) is 33.6 Å². The number of aliphatic hydroxyl groups excluding tert-OH is 1. The molecule has 0 bridgehead atoms. The van der Waals surface area contributed by atoms with Gasteiger partial charge >= 0.3 is 0 Å². The molecule has 2 rings (SSSR count). The van der Waals surface area contributed by atoms with Gasteiger partial charge in [-0.15, -0.1) is 0 Å². The van der Waals surface area contributed by atoms with Crippen LogP contribution in [-0.2, 0) is 0 Å². The average Bonchev–Trinajstić information content (AvgIpc) is 2.85. The first-order chi connectivity index (χ1) is 9.02. The minimum absolute atomic E-state index is 0.00458. The van der Waals surface area contributed by atoms with Crippen LogP contribution in [0.5, 0.6) is 0 Å². The number of nitrogens with zero attached hydrogens (tertiary/aromatic N) is 2. The Labute approximate surface area is 119 Å². The molecule has 6 heteroatoms. The topological polar surface area (TPSA) is 85.2 Å². The van der Waals surface area contributed by atoms with Crippen LogP contribution in [0.25, 0.3) is 11.4 Å².